The Kier molecular flexibility index (Phi) is 4.86. The Labute approximate surface area is 195 Å². The van der Waals surface area contributed by atoms with Gasteiger partial charge in [-0.2, -0.15) is 0 Å². The average molecular weight is 442 g/mol. The van der Waals surface area contributed by atoms with Crippen LogP contribution in [0.15, 0.2) is 109 Å². The number of rotatable bonds is 3. The molecule has 1 atom stereocenters. The SMILES string of the molecule is Cc1cccc(-c2cc(-c3ccccc3)cc(-c3cccc4c5ccccc5p(C)c34)n2)c1. The van der Waals surface area contributed by atoms with Gasteiger partial charge in [0.15, 0.2) is 0 Å². The number of aromatic nitrogens is 1. The van der Waals surface area contributed by atoms with E-state index in [0.717, 1.165) is 17.0 Å². The molecule has 4 aromatic carbocycles. The van der Waals surface area contributed by atoms with E-state index in [1.165, 1.54) is 43.3 Å². The molecule has 0 aliphatic carbocycles. The van der Waals surface area contributed by atoms with Crippen LogP contribution in [0.1, 0.15) is 5.56 Å². The molecule has 2 aromatic heterocycles. The minimum atomic E-state index is -0.414. The predicted molar refractivity (Wildman–Crippen MR) is 144 cm³/mol. The van der Waals surface area contributed by atoms with Crippen molar-refractivity contribution in [3.05, 3.63) is 115 Å². The van der Waals surface area contributed by atoms with Gasteiger partial charge in [0.25, 0.3) is 0 Å². The molecule has 6 aromatic rings. The summed E-state index contributed by atoms with van der Waals surface area (Å²) in [5, 5.41) is 5.65. The summed E-state index contributed by atoms with van der Waals surface area (Å²) in [6.07, 6.45) is 0. The average Bonchev–Trinajstić information content (AvgIpc) is 3.17. The van der Waals surface area contributed by atoms with E-state index in [2.05, 4.69) is 123 Å². The second kappa shape index (κ2) is 8.03. The fourth-order valence-corrected chi connectivity index (χ4v) is 7.08. The summed E-state index contributed by atoms with van der Waals surface area (Å²) in [4.78, 5) is 5.23. The van der Waals surface area contributed by atoms with Crippen LogP contribution < -0.4 is 0 Å². The molecule has 0 saturated heterocycles. The van der Waals surface area contributed by atoms with Crippen LogP contribution in [0.25, 0.3) is 54.7 Å². The lowest BCUT2D eigenvalue weighted by atomic mass is 9.99. The Morgan fingerprint density at radius 1 is 0.576 bits per heavy atom. The fourth-order valence-electron chi connectivity index (χ4n) is 4.86. The van der Waals surface area contributed by atoms with Crippen LogP contribution in [-0.4, -0.2) is 4.98 Å². The molecule has 33 heavy (non-hydrogen) atoms. The first-order valence-corrected chi connectivity index (χ1v) is 13.1. The largest absolute Gasteiger partial charge is 0.248 e. The van der Waals surface area contributed by atoms with Crippen LogP contribution >= 0.6 is 7.53 Å². The van der Waals surface area contributed by atoms with Crippen molar-refractivity contribution < 1.29 is 0 Å². The molecule has 0 spiro atoms. The molecule has 2 heteroatoms. The maximum absolute atomic E-state index is 5.23. The zero-order chi connectivity index (χ0) is 22.4. The molecule has 0 aliphatic heterocycles. The van der Waals surface area contributed by atoms with Crippen LogP contribution in [0.4, 0.5) is 0 Å². The Bertz CT molecular complexity index is 1630. The van der Waals surface area contributed by atoms with Gasteiger partial charge in [0.1, 0.15) is 0 Å². The summed E-state index contributed by atoms with van der Waals surface area (Å²) < 4.78 is 0. The summed E-state index contributed by atoms with van der Waals surface area (Å²) >= 11 is 0. The van der Waals surface area contributed by atoms with Gasteiger partial charge in [-0.05, 0) is 53.7 Å². The summed E-state index contributed by atoms with van der Waals surface area (Å²) in [5.41, 5.74) is 8.13. The standard InChI is InChI=1S/C31H24NP/c1-21-10-8-13-23(18-21)28-19-24(22-11-4-3-5-12-22)20-29(32-28)27-16-9-15-26-25-14-6-7-17-30(25)33(2)31(26)27/h3-20H,1-2H3. The second-order valence-corrected chi connectivity index (χ2v) is 10.7. The van der Waals surface area contributed by atoms with Crippen molar-refractivity contribution in [1.82, 2.24) is 4.98 Å². The van der Waals surface area contributed by atoms with Crippen molar-refractivity contribution in [2.24, 2.45) is 6.66 Å². The van der Waals surface area contributed by atoms with Gasteiger partial charge in [-0.25, -0.2) is 4.98 Å². The van der Waals surface area contributed by atoms with Gasteiger partial charge >= 0.3 is 0 Å². The third-order valence-corrected chi connectivity index (χ3v) is 8.71. The Balaban J connectivity index is 1.66. The molecular formula is C31H24NP. The van der Waals surface area contributed by atoms with E-state index < -0.39 is 7.53 Å². The van der Waals surface area contributed by atoms with E-state index in [-0.39, 0.29) is 0 Å². The predicted octanol–water partition coefficient (Wildman–Crippen LogP) is 9.22. The van der Waals surface area contributed by atoms with E-state index in [1.807, 2.05) is 0 Å². The van der Waals surface area contributed by atoms with Gasteiger partial charge in [0, 0.05) is 21.4 Å². The zero-order valence-corrected chi connectivity index (χ0v) is 19.7. The Hall–Kier alpha value is -3.67. The van der Waals surface area contributed by atoms with Crippen LogP contribution in [-0.2, 0) is 6.66 Å². The lowest BCUT2D eigenvalue weighted by Gasteiger charge is -2.12. The maximum atomic E-state index is 5.23. The van der Waals surface area contributed by atoms with E-state index in [1.54, 1.807) is 0 Å². The molecule has 0 fully saturated rings. The van der Waals surface area contributed by atoms with Crippen molar-refractivity contribution in [2.75, 3.05) is 0 Å². The zero-order valence-electron chi connectivity index (χ0n) is 18.8. The lowest BCUT2D eigenvalue weighted by Crippen LogP contribution is -1.92. The van der Waals surface area contributed by atoms with E-state index in [9.17, 15) is 0 Å². The van der Waals surface area contributed by atoms with Gasteiger partial charge < -0.3 is 0 Å². The number of nitrogens with zero attached hydrogens (tertiary/aromatic N) is 1. The van der Waals surface area contributed by atoms with Crippen LogP contribution in [0.5, 0.6) is 0 Å². The van der Waals surface area contributed by atoms with Crippen LogP contribution in [0.2, 0.25) is 0 Å². The highest BCUT2D eigenvalue weighted by molar-refractivity contribution is 7.60. The second-order valence-electron chi connectivity index (χ2n) is 8.64. The number of aryl methyl sites for hydroxylation is 2. The third kappa shape index (κ3) is 3.46. The van der Waals surface area contributed by atoms with Gasteiger partial charge in [-0.15, -0.1) is 7.53 Å². The monoisotopic (exact) mass is 441 g/mol. The van der Waals surface area contributed by atoms with Crippen LogP contribution in [0, 0.1) is 6.92 Å². The topological polar surface area (TPSA) is 12.9 Å². The van der Waals surface area contributed by atoms with Crippen molar-refractivity contribution in [2.45, 2.75) is 6.92 Å². The highest BCUT2D eigenvalue weighted by atomic mass is 31.1. The maximum Gasteiger partial charge on any atom is 0.0725 e. The quantitative estimate of drug-likeness (QED) is 0.267. The number of fused-ring (bicyclic) bond motifs is 3. The van der Waals surface area contributed by atoms with Gasteiger partial charge in [-0.1, -0.05) is 96.6 Å². The lowest BCUT2D eigenvalue weighted by molar-refractivity contribution is 1.32. The van der Waals surface area contributed by atoms with Gasteiger partial charge in [0.05, 0.1) is 11.4 Å². The fraction of sp³-hybridized carbons (Fsp3) is 0.0645. The molecule has 0 amide bonds. The van der Waals surface area contributed by atoms with Gasteiger partial charge in [-0.3, -0.25) is 0 Å². The van der Waals surface area contributed by atoms with E-state index in [0.29, 0.717) is 0 Å². The summed E-state index contributed by atoms with van der Waals surface area (Å²) in [5.74, 6) is 0. The molecule has 0 saturated carbocycles. The van der Waals surface area contributed by atoms with Crippen molar-refractivity contribution in [1.29, 1.82) is 0 Å². The van der Waals surface area contributed by atoms with Crippen molar-refractivity contribution in [3.8, 4) is 33.6 Å². The summed E-state index contributed by atoms with van der Waals surface area (Å²) in [6, 6.07) is 39.3. The smallest absolute Gasteiger partial charge is 0.0725 e. The molecule has 0 aliphatic rings. The molecule has 1 unspecified atom stereocenters. The molecular weight excluding hydrogens is 417 g/mol. The van der Waals surface area contributed by atoms with E-state index in [4.69, 9.17) is 4.98 Å². The van der Waals surface area contributed by atoms with Crippen molar-refractivity contribution >= 4 is 28.5 Å². The van der Waals surface area contributed by atoms with Gasteiger partial charge in [0.2, 0.25) is 0 Å². The highest BCUT2D eigenvalue weighted by Gasteiger charge is 2.16. The first-order chi connectivity index (χ1) is 16.2. The van der Waals surface area contributed by atoms with Crippen molar-refractivity contribution in [3.63, 3.8) is 0 Å². The minimum absolute atomic E-state index is 0.414. The number of pyridine rings is 1. The molecule has 6 rings (SSSR count). The summed E-state index contributed by atoms with van der Waals surface area (Å²) in [6.45, 7) is 4.52. The van der Waals surface area contributed by atoms with E-state index >= 15 is 0 Å². The minimum Gasteiger partial charge on any atom is -0.248 e. The Morgan fingerprint density at radius 3 is 2.12 bits per heavy atom. The normalized spacial score (nSPS) is 11.9. The van der Waals surface area contributed by atoms with Crippen LogP contribution in [0.3, 0.4) is 0 Å². The molecule has 0 bridgehead atoms. The first-order valence-electron chi connectivity index (χ1n) is 11.3. The summed E-state index contributed by atoms with van der Waals surface area (Å²) in [7, 11) is -0.414. The highest BCUT2D eigenvalue weighted by Crippen LogP contribution is 2.50. The molecule has 1 nitrogen and oxygen atoms in total. The third-order valence-electron chi connectivity index (χ3n) is 6.45. The molecule has 0 radical (unpaired) electrons. The molecule has 2 heterocycles. The number of benzene rings is 4. The number of hydrogen-bond donors (Lipinski definition) is 0. The Morgan fingerprint density at radius 2 is 1.27 bits per heavy atom. The molecule has 0 N–H and O–H groups in total. The first kappa shape index (κ1) is 20.0. The number of hydrogen-bond acceptors (Lipinski definition) is 1. The molecule has 158 valence electrons.